The summed E-state index contributed by atoms with van der Waals surface area (Å²) in [6.45, 7) is 11.2. The summed E-state index contributed by atoms with van der Waals surface area (Å²) in [6, 6.07) is 0. The fourth-order valence-corrected chi connectivity index (χ4v) is 1.54. The van der Waals surface area contributed by atoms with E-state index in [9.17, 15) is 4.79 Å². The van der Waals surface area contributed by atoms with Crippen LogP contribution in [0, 0.1) is 0 Å². The fraction of sp³-hybridized carbons (Fsp3) is 0.786. The zero-order valence-corrected chi connectivity index (χ0v) is 11.8. The Morgan fingerprint density at radius 1 is 1.24 bits per heavy atom. The molecule has 100 valence electrons. The predicted molar refractivity (Wildman–Crippen MR) is 69.9 cm³/mol. The minimum Gasteiger partial charge on any atom is -0.466 e. The number of carbonyl (C=O) groups is 1. The first kappa shape index (κ1) is 16.2. The third-order valence-electron chi connectivity index (χ3n) is 2.58. The molecule has 3 heteroatoms. The van der Waals surface area contributed by atoms with Gasteiger partial charge in [-0.1, -0.05) is 11.6 Å². The van der Waals surface area contributed by atoms with Crippen molar-refractivity contribution in [2.75, 3.05) is 13.2 Å². The molecule has 0 unspecified atom stereocenters. The summed E-state index contributed by atoms with van der Waals surface area (Å²) in [5.74, 6) is -0.157. The summed E-state index contributed by atoms with van der Waals surface area (Å²) in [5, 5.41) is 0. The fourth-order valence-electron chi connectivity index (χ4n) is 1.54. The Morgan fingerprint density at radius 2 is 1.88 bits per heavy atom. The standard InChI is InChI=1S/C14H26O3/c1-6-16-13(15)9-8-12(3)10-11-14(4,5)17-7-2/h8H,6-7,9-11H2,1-5H3. The number of rotatable bonds is 8. The molecule has 0 saturated heterocycles. The van der Waals surface area contributed by atoms with Crippen molar-refractivity contribution in [2.45, 2.75) is 59.5 Å². The van der Waals surface area contributed by atoms with Crippen LogP contribution in [0.4, 0.5) is 0 Å². The molecule has 0 aliphatic carbocycles. The Kier molecular flexibility index (Phi) is 7.88. The normalized spacial score (nSPS) is 12.6. The maximum absolute atomic E-state index is 11.2. The van der Waals surface area contributed by atoms with Gasteiger partial charge in [-0.2, -0.15) is 0 Å². The topological polar surface area (TPSA) is 35.5 Å². The second kappa shape index (κ2) is 8.29. The number of carbonyl (C=O) groups excluding carboxylic acids is 1. The first-order valence-electron chi connectivity index (χ1n) is 6.36. The Balaban J connectivity index is 3.96. The maximum atomic E-state index is 11.2. The Morgan fingerprint density at radius 3 is 2.41 bits per heavy atom. The Bertz CT molecular complexity index is 254. The predicted octanol–water partition coefficient (Wildman–Crippen LogP) is 3.48. The van der Waals surface area contributed by atoms with Crippen LogP contribution >= 0.6 is 0 Å². The van der Waals surface area contributed by atoms with Gasteiger partial charge in [0.25, 0.3) is 0 Å². The number of esters is 1. The third-order valence-corrected chi connectivity index (χ3v) is 2.58. The third kappa shape index (κ3) is 8.93. The minimum atomic E-state index is -0.157. The van der Waals surface area contributed by atoms with Crippen molar-refractivity contribution >= 4 is 5.97 Å². The Labute approximate surface area is 105 Å². The molecule has 0 radical (unpaired) electrons. The van der Waals surface area contributed by atoms with E-state index in [1.807, 2.05) is 26.8 Å². The summed E-state index contributed by atoms with van der Waals surface area (Å²) >= 11 is 0. The van der Waals surface area contributed by atoms with Crippen molar-refractivity contribution in [1.82, 2.24) is 0 Å². The van der Waals surface area contributed by atoms with Gasteiger partial charge >= 0.3 is 5.97 Å². The van der Waals surface area contributed by atoms with Crippen molar-refractivity contribution in [1.29, 1.82) is 0 Å². The van der Waals surface area contributed by atoms with Crippen LogP contribution < -0.4 is 0 Å². The van der Waals surface area contributed by atoms with Crippen molar-refractivity contribution in [3.63, 3.8) is 0 Å². The largest absolute Gasteiger partial charge is 0.466 e. The van der Waals surface area contributed by atoms with Crippen LogP contribution in [-0.4, -0.2) is 24.8 Å². The van der Waals surface area contributed by atoms with E-state index >= 15 is 0 Å². The highest BCUT2D eigenvalue weighted by molar-refractivity contribution is 5.71. The summed E-state index contributed by atoms with van der Waals surface area (Å²) < 4.78 is 10.5. The monoisotopic (exact) mass is 242 g/mol. The van der Waals surface area contributed by atoms with Gasteiger partial charge in [0.1, 0.15) is 0 Å². The smallest absolute Gasteiger partial charge is 0.309 e. The molecule has 0 aromatic heterocycles. The van der Waals surface area contributed by atoms with E-state index in [-0.39, 0.29) is 11.6 Å². The van der Waals surface area contributed by atoms with Crippen molar-refractivity contribution < 1.29 is 14.3 Å². The van der Waals surface area contributed by atoms with E-state index in [0.29, 0.717) is 13.0 Å². The SMILES string of the molecule is CCOC(=O)CC=C(C)CCC(C)(C)OCC. The molecular formula is C14H26O3. The molecule has 0 bridgehead atoms. The lowest BCUT2D eigenvalue weighted by atomic mass is 9.98. The van der Waals surface area contributed by atoms with Gasteiger partial charge in [0, 0.05) is 6.61 Å². The van der Waals surface area contributed by atoms with Gasteiger partial charge in [-0.15, -0.1) is 0 Å². The van der Waals surface area contributed by atoms with Crippen LogP contribution in [0.1, 0.15) is 53.9 Å². The second-order valence-electron chi connectivity index (χ2n) is 4.75. The summed E-state index contributed by atoms with van der Waals surface area (Å²) in [6.07, 6.45) is 4.23. The molecule has 0 aliphatic heterocycles. The van der Waals surface area contributed by atoms with Gasteiger partial charge in [0.05, 0.1) is 18.6 Å². The maximum Gasteiger partial charge on any atom is 0.309 e. The lowest BCUT2D eigenvalue weighted by Gasteiger charge is -2.24. The number of hydrogen-bond acceptors (Lipinski definition) is 3. The zero-order valence-electron chi connectivity index (χ0n) is 11.8. The van der Waals surface area contributed by atoms with E-state index in [4.69, 9.17) is 9.47 Å². The molecular weight excluding hydrogens is 216 g/mol. The molecule has 3 nitrogen and oxygen atoms in total. The molecule has 0 amide bonds. The van der Waals surface area contributed by atoms with E-state index in [2.05, 4.69) is 13.8 Å². The van der Waals surface area contributed by atoms with Crippen LogP contribution in [-0.2, 0) is 14.3 Å². The summed E-state index contributed by atoms with van der Waals surface area (Å²) in [7, 11) is 0. The lowest BCUT2D eigenvalue weighted by molar-refractivity contribution is -0.142. The second-order valence-corrected chi connectivity index (χ2v) is 4.75. The average molecular weight is 242 g/mol. The van der Waals surface area contributed by atoms with Crippen molar-refractivity contribution in [3.05, 3.63) is 11.6 Å². The number of ether oxygens (including phenoxy) is 2. The van der Waals surface area contributed by atoms with Gasteiger partial charge in [-0.05, 0) is 47.5 Å². The van der Waals surface area contributed by atoms with E-state index in [1.54, 1.807) is 0 Å². The molecule has 0 heterocycles. The van der Waals surface area contributed by atoms with Crippen LogP contribution in [0.2, 0.25) is 0 Å². The quantitative estimate of drug-likeness (QED) is 0.483. The highest BCUT2D eigenvalue weighted by Crippen LogP contribution is 2.19. The van der Waals surface area contributed by atoms with Crippen LogP contribution in [0.25, 0.3) is 0 Å². The molecule has 17 heavy (non-hydrogen) atoms. The first-order chi connectivity index (χ1) is 7.91. The van der Waals surface area contributed by atoms with E-state index < -0.39 is 0 Å². The molecule has 0 rings (SSSR count). The lowest BCUT2D eigenvalue weighted by Crippen LogP contribution is -2.24. The molecule has 0 atom stereocenters. The Hall–Kier alpha value is -0.830. The van der Waals surface area contributed by atoms with Gasteiger partial charge in [0.15, 0.2) is 0 Å². The van der Waals surface area contributed by atoms with E-state index in [0.717, 1.165) is 19.4 Å². The minimum absolute atomic E-state index is 0.0895. The summed E-state index contributed by atoms with van der Waals surface area (Å²) in [4.78, 5) is 11.2. The van der Waals surface area contributed by atoms with Gasteiger partial charge in [-0.3, -0.25) is 4.79 Å². The van der Waals surface area contributed by atoms with Gasteiger partial charge in [0.2, 0.25) is 0 Å². The van der Waals surface area contributed by atoms with E-state index in [1.165, 1.54) is 5.57 Å². The average Bonchev–Trinajstić information content (AvgIpc) is 2.24. The molecule has 0 saturated carbocycles. The molecule has 0 aliphatic rings. The molecule has 0 spiro atoms. The molecule has 0 fully saturated rings. The van der Waals surface area contributed by atoms with Crippen LogP contribution in [0.15, 0.2) is 11.6 Å². The highest BCUT2D eigenvalue weighted by Gasteiger charge is 2.16. The van der Waals surface area contributed by atoms with Crippen LogP contribution in [0.5, 0.6) is 0 Å². The number of allylic oxidation sites excluding steroid dienone is 1. The summed E-state index contributed by atoms with van der Waals surface area (Å²) in [5.41, 5.74) is 1.12. The molecule has 0 aromatic rings. The molecule has 0 N–H and O–H groups in total. The van der Waals surface area contributed by atoms with Gasteiger partial charge < -0.3 is 9.47 Å². The van der Waals surface area contributed by atoms with Crippen LogP contribution in [0.3, 0.4) is 0 Å². The van der Waals surface area contributed by atoms with Gasteiger partial charge in [-0.25, -0.2) is 0 Å². The first-order valence-corrected chi connectivity index (χ1v) is 6.36. The number of hydrogen-bond donors (Lipinski definition) is 0. The highest BCUT2D eigenvalue weighted by atomic mass is 16.5. The van der Waals surface area contributed by atoms with Crippen molar-refractivity contribution in [2.24, 2.45) is 0 Å². The van der Waals surface area contributed by atoms with Crippen molar-refractivity contribution in [3.8, 4) is 0 Å². The zero-order chi connectivity index (χ0) is 13.3. The molecule has 0 aromatic carbocycles.